The summed E-state index contributed by atoms with van der Waals surface area (Å²) in [5, 5.41) is 1.56. The zero-order valence-corrected chi connectivity index (χ0v) is 18.0. The van der Waals surface area contributed by atoms with E-state index in [4.69, 9.17) is 16.3 Å². The first kappa shape index (κ1) is 19.2. The second kappa shape index (κ2) is 8.86. The molecule has 3 rings (SSSR count). The molecule has 0 spiro atoms. The minimum atomic E-state index is -1.84. The summed E-state index contributed by atoms with van der Waals surface area (Å²) in [6.45, 7) is 0. The van der Waals surface area contributed by atoms with Crippen LogP contribution in [-0.4, -0.2) is 22.0 Å². The van der Waals surface area contributed by atoms with Gasteiger partial charge in [0.15, 0.2) is 0 Å². The summed E-state index contributed by atoms with van der Waals surface area (Å²) in [5.41, 5.74) is 1.67. The van der Waals surface area contributed by atoms with Crippen molar-refractivity contribution in [1.29, 1.82) is 0 Å². The van der Waals surface area contributed by atoms with E-state index >= 15 is 0 Å². The van der Waals surface area contributed by atoms with Gasteiger partial charge in [0.2, 0.25) is 0 Å². The van der Waals surface area contributed by atoms with Gasteiger partial charge < -0.3 is 0 Å². The number of rotatable bonds is 5. The summed E-state index contributed by atoms with van der Waals surface area (Å²) < 4.78 is 5.57. The van der Waals surface area contributed by atoms with Gasteiger partial charge in [-0.15, -0.1) is 0 Å². The van der Waals surface area contributed by atoms with Crippen LogP contribution < -0.4 is 10.0 Å². The molecular weight excluding hydrogens is 429 g/mol. The Hall–Kier alpha value is 0.402. The maximum absolute atomic E-state index is 7.04. The van der Waals surface area contributed by atoms with Crippen LogP contribution >= 0.6 is 18.9 Å². The van der Waals surface area contributed by atoms with Crippen molar-refractivity contribution in [3.8, 4) is 5.75 Å². The second-order valence-electron chi connectivity index (χ2n) is 7.60. The van der Waals surface area contributed by atoms with Gasteiger partial charge in [0.05, 0.1) is 0 Å². The molecule has 24 heavy (non-hydrogen) atoms. The Kier molecular flexibility index (Phi) is 7.08. The standard InChI is InChI=1S/C20H31ClOP.Pd/c1-22-17-12-14-20(15-13-17)23(16-21,18-8-4-2-5-9-18)19-10-6-3-7-11-19;/h12-16,18-19,23H,2-11H2,1H3;. The Balaban J connectivity index is 2.04. The third-order valence-corrected chi connectivity index (χ3v) is 15.6. The number of hydrogen-bond acceptors (Lipinski definition) is 1. The van der Waals surface area contributed by atoms with Crippen LogP contribution in [0.1, 0.15) is 64.2 Å². The van der Waals surface area contributed by atoms with E-state index in [9.17, 15) is 0 Å². The van der Waals surface area contributed by atoms with E-state index in [0.29, 0.717) is 0 Å². The van der Waals surface area contributed by atoms with Gasteiger partial charge in [0.1, 0.15) is 0 Å². The van der Waals surface area contributed by atoms with Gasteiger partial charge >= 0.3 is 164 Å². The SMILES string of the molecule is COc1ccc([PH]([CH](Cl)[Pd])(C2CCCCC2)C2CCCCC2)cc1. The first-order valence-corrected chi connectivity index (χ1v) is 13.1. The zero-order valence-electron chi connectivity index (χ0n) is 14.7. The van der Waals surface area contributed by atoms with Crippen LogP contribution in [0.2, 0.25) is 0 Å². The Morgan fingerprint density at radius 3 is 1.75 bits per heavy atom. The molecule has 1 atom stereocenters. The van der Waals surface area contributed by atoms with Crippen molar-refractivity contribution >= 4 is 24.2 Å². The van der Waals surface area contributed by atoms with Crippen molar-refractivity contribution < 1.29 is 23.9 Å². The van der Waals surface area contributed by atoms with Crippen molar-refractivity contribution in [2.75, 3.05) is 7.11 Å². The summed E-state index contributed by atoms with van der Waals surface area (Å²) in [6, 6.07) is 8.99. The van der Waals surface area contributed by atoms with Crippen LogP contribution in [0.15, 0.2) is 24.3 Å². The third-order valence-electron chi connectivity index (χ3n) is 6.48. The molecule has 0 aliphatic heterocycles. The Bertz CT molecular complexity index is 489. The van der Waals surface area contributed by atoms with Crippen LogP contribution in [-0.2, 0) is 19.2 Å². The first-order valence-electron chi connectivity index (χ1n) is 9.58. The number of methoxy groups -OCH3 is 1. The van der Waals surface area contributed by atoms with Crippen LogP contribution in [0.25, 0.3) is 0 Å². The summed E-state index contributed by atoms with van der Waals surface area (Å²) in [6.07, 6.45) is 13.9. The molecule has 1 aromatic carbocycles. The normalized spacial score (nSPS) is 23.0. The molecule has 0 aromatic heterocycles. The Morgan fingerprint density at radius 2 is 1.38 bits per heavy atom. The third kappa shape index (κ3) is 3.74. The zero-order chi connectivity index (χ0) is 17.0. The molecule has 4 heteroatoms. The average Bonchev–Trinajstić information content (AvgIpc) is 2.64. The predicted molar refractivity (Wildman–Crippen MR) is 104 cm³/mol. The van der Waals surface area contributed by atoms with Gasteiger partial charge in [0, 0.05) is 0 Å². The average molecular weight is 460 g/mol. The minimum absolute atomic E-state index is 0.167. The monoisotopic (exact) mass is 459 g/mol. The van der Waals surface area contributed by atoms with Gasteiger partial charge in [-0.1, -0.05) is 0 Å². The molecule has 2 aliphatic rings. The molecule has 0 bridgehead atoms. The molecule has 0 amide bonds. The van der Waals surface area contributed by atoms with Gasteiger partial charge in [-0.05, 0) is 0 Å². The summed E-state index contributed by atoms with van der Waals surface area (Å²) in [4.78, 5) is 0. The van der Waals surface area contributed by atoms with E-state index in [1.54, 1.807) is 12.4 Å². The van der Waals surface area contributed by atoms with E-state index in [0.717, 1.165) is 17.1 Å². The molecule has 2 saturated carbocycles. The van der Waals surface area contributed by atoms with Crippen molar-refractivity contribution in [3.63, 3.8) is 0 Å². The topological polar surface area (TPSA) is 9.23 Å². The van der Waals surface area contributed by atoms with Crippen molar-refractivity contribution in [3.05, 3.63) is 24.3 Å². The first-order chi connectivity index (χ1) is 11.7. The van der Waals surface area contributed by atoms with Crippen molar-refractivity contribution in [2.45, 2.75) is 79.1 Å². The molecule has 1 nitrogen and oxygen atoms in total. The molecule has 139 valence electrons. The van der Waals surface area contributed by atoms with Gasteiger partial charge in [-0.2, -0.15) is 0 Å². The summed E-state index contributed by atoms with van der Waals surface area (Å²) >= 11 is 10.7. The molecule has 2 aliphatic carbocycles. The second-order valence-corrected chi connectivity index (χ2v) is 15.2. The molecule has 0 radical (unpaired) electrons. The van der Waals surface area contributed by atoms with E-state index in [1.165, 1.54) is 64.2 Å². The summed E-state index contributed by atoms with van der Waals surface area (Å²) in [5.74, 6) is 0.956. The number of halogens is 1. The Morgan fingerprint density at radius 1 is 0.917 bits per heavy atom. The van der Waals surface area contributed by atoms with Crippen LogP contribution in [0.4, 0.5) is 0 Å². The number of alkyl halides is 1. The molecule has 2 fully saturated rings. The van der Waals surface area contributed by atoms with E-state index in [2.05, 4.69) is 43.5 Å². The van der Waals surface area contributed by atoms with Crippen molar-refractivity contribution in [2.24, 2.45) is 0 Å². The number of benzene rings is 1. The van der Waals surface area contributed by atoms with Gasteiger partial charge in [0.25, 0.3) is 0 Å². The fourth-order valence-electron chi connectivity index (χ4n) is 5.29. The molecular formula is C20H31ClOPPd. The Labute approximate surface area is 164 Å². The summed E-state index contributed by atoms with van der Waals surface area (Å²) in [7, 11) is -0.0911. The van der Waals surface area contributed by atoms with E-state index < -0.39 is 7.26 Å². The quantitative estimate of drug-likeness (QED) is 0.307. The van der Waals surface area contributed by atoms with Crippen LogP contribution in [0.3, 0.4) is 0 Å². The van der Waals surface area contributed by atoms with E-state index in [1.807, 2.05) is 0 Å². The van der Waals surface area contributed by atoms with Gasteiger partial charge in [-0.25, -0.2) is 0 Å². The van der Waals surface area contributed by atoms with Crippen molar-refractivity contribution in [1.82, 2.24) is 0 Å². The predicted octanol–water partition coefficient (Wildman–Crippen LogP) is 5.81. The maximum atomic E-state index is 7.04. The molecule has 1 unspecified atom stereocenters. The van der Waals surface area contributed by atoms with Crippen LogP contribution in [0, 0.1) is 0 Å². The molecule has 0 heterocycles. The molecule has 0 N–H and O–H groups in total. The fourth-order valence-corrected chi connectivity index (χ4v) is 15.7. The number of hydrogen-bond donors (Lipinski definition) is 0. The number of ether oxygens (including phenoxy) is 1. The van der Waals surface area contributed by atoms with Crippen LogP contribution in [0.5, 0.6) is 5.75 Å². The van der Waals surface area contributed by atoms with E-state index in [-0.39, 0.29) is 3.59 Å². The molecule has 0 saturated heterocycles. The van der Waals surface area contributed by atoms with Gasteiger partial charge in [-0.3, -0.25) is 0 Å². The fraction of sp³-hybridized carbons (Fsp3) is 0.700. The molecule has 1 aromatic rings.